The van der Waals surface area contributed by atoms with Crippen molar-refractivity contribution in [2.45, 2.75) is 32.2 Å². The van der Waals surface area contributed by atoms with Crippen LogP contribution in [0.3, 0.4) is 0 Å². The van der Waals surface area contributed by atoms with E-state index in [4.69, 9.17) is 16.3 Å². The zero-order valence-electron chi connectivity index (χ0n) is 16.0. The summed E-state index contributed by atoms with van der Waals surface area (Å²) in [6.45, 7) is 5.80. The van der Waals surface area contributed by atoms with Crippen LogP contribution < -0.4 is 9.46 Å². The number of hydrogen-bond donors (Lipinski definition) is 1. The molecule has 0 atom stereocenters. The minimum absolute atomic E-state index is 0.139. The second-order valence-electron chi connectivity index (χ2n) is 6.42. The number of thiazole rings is 1. The highest BCUT2D eigenvalue weighted by molar-refractivity contribution is 7.89. The van der Waals surface area contributed by atoms with E-state index in [0.717, 1.165) is 26.7 Å². The molecular formula is C20H21ClN2O3S2. The Kier molecular flexibility index (Phi) is 6.09. The second-order valence-corrected chi connectivity index (χ2v) is 9.65. The first kappa shape index (κ1) is 20.8. The molecule has 3 rings (SSSR count). The molecule has 28 heavy (non-hydrogen) atoms. The summed E-state index contributed by atoms with van der Waals surface area (Å²) < 4.78 is 33.4. The number of sulfonamides is 1. The molecule has 1 heterocycles. The number of benzene rings is 2. The average molecular weight is 437 g/mol. The highest BCUT2D eigenvalue weighted by Crippen LogP contribution is 2.32. The van der Waals surface area contributed by atoms with Crippen LogP contribution in [0.15, 0.2) is 41.3 Å². The van der Waals surface area contributed by atoms with Crippen LogP contribution in [0.2, 0.25) is 5.02 Å². The van der Waals surface area contributed by atoms with Crippen LogP contribution in [0.1, 0.15) is 21.7 Å². The van der Waals surface area contributed by atoms with Gasteiger partial charge in [-0.1, -0.05) is 35.9 Å². The van der Waals surface area contributed by atoms with E-state index < -0.39 is 10.0 Å². The van der Waals surface area contributed by atoms with Gasteiger partial charge in [0.2, 0.25) is 10.0 Å². The van der Waals surface area contributed by atoms with Gasteiger partial charge in [0.25, 0.3) is 0 Å². The van der Waals surface area contributed by atoms with Crippen LogP contribution in [0.5, 0.6) is 5.75 Å². The lowest BCUT2D eigenvalue weighted by Crippen LogP contribution is -2.24. The van der Waals surface area contributed by atoms with Gasteiger partial charge < -0.3 is 4.74 Å². The number of aryl methyl sites for hydroxylation is 3. The van der Waals surface area contributed by atoms with Crippen molar-refractivity contribution in [1.29, 1.82) is 0 Å². The molecule has 5 nitrogen and oxygen atoms in total. The van der Waals surface area contributed by atoms with Crippen LogP contribution in [-0.2, 0) is 16.6 Å². The molecule has 0 bridgehead atoms. The standard InChI is InChI=1S/C20H21ClN2O3S2/c1-12-7-5-6-8-15(12)20-23-14(3)18(27-20)11-22-28(24,25)19-10-16(21)17(26-4)9-13(19)2/h5-10,22H,11H2,1-4H3. The average Bonchev–Trinajstić information content (AvgIpc) is 3.02. The lowest BCUT2D eigenvalue weighted by Gasteiger charge is -2.11. The van der Waals surface area contributed by atoms with E-state index in [2.05, 4.69) is 9.71 Å². The molecule has 0 aliphatic heterocycles. The Hall–Kier alpha value is -1.93. The van der Waals surface area contributed by atoms with Gasteiger partial charge in [-0.2, -0.15) is 0 Å². The molecule has 0 aliphatic rings. The molecule has 0 fully saturated rings. The van der Waals surface area contributed by atoms with E-state index in [9.17, 15) is 8.42 Å². The number of methoxy groups -OCH3 is 1. The summed E-state index contributed by atoms with van der Waals surface area (Å²) in [5, 5.41) is 1.14. The number of nitrogens with zero attached hydrogens (tertiary/aromatic N) is 1. The van der Waals surface area contributed by atoms with Crippen molar-refractivity contribution in [3.63, 3.8) is 0 Å². The number of nitrogens with one attached hydrogen (secondary N) is 1. The van der Waals surface area contributed by atoms with Crippen molar-refractivity contribution in [2.75, 3.05) is 7.11 Å². The number of rotatable bonds is 6. The fraction of sp³-hybridized carbons (Fsp3) is 0.250. The topological polar surface area (TPSA) is 68.3 Å². The van der Waals surface area contributed by atoms with Crippen LogP contribution in [0.4, 0.5) is 0 Å². The van der Waals surface area contributed by atoms with E-state index in [0.29, 0.717) is 11.3 Å². The summed E-state index contributed by atoms with van der Waals surface area (Å²) in [6.07, 6.45) is 0. The van der Waals surface area contributed by atoms with Crippen molar-refractivity contribution in [2.24, 2.45) is 0 Å². The summed E-state index contributed by atoms with van der Waals surface area (Å²) in [6, 6.07) is 11.0. The molecule has 0 unspecified atom stereocenters. The van der Waals surface area contributed by atoms with E-state index in [-0.39, 0.29) is 16.5 Å². The van der Waals surface area contributed by atoms with Gasteiger partial charge in [-0.3, -0.25) is 0 Å². The van der Waals surface area contributed by atoms with E-state index in [1.54, 1.807) is 13.0 Å². The predicted molar refractivity (Wildman–Crippen MR) is 114 cm³/mol. The SMILES string of the molecule is COc1cc(C)c(S(=O)(=O)NCc2sc(-c3ccccc3C)nc2C)cc1Cl. The highest BCUT2D eigenvalue weighted by atomic mass is 35.5. The van der Waals surface area contributed by atoms with Crippen LogP contribution in [0.25, 0.3) is 10.6 Å². The molecule has 1 aromatic heterocycles. The van der Waals surface area contributed by atoms with Crippen LogP contribution >= 0.6 is 22.9 Å². The van der Waals surface area contributed by atoms with Crippen LogP contribution in [-0.4, -0.2) is 20.5 Å². The molecule has 2 aromatic carbocycles. The van der Waals surface area contributed by atoms with Gasteiger partial charge in [-0.25, -0.2) is 18.1 Å². The maximum Gasteiger partial charge on any atom is 0.241 e. The highest BCUT2D eigenvalue weighted by Gasteiger charge is 2.20. The molecule has 0 radical (unpaired) electrons. The first-order chi connectivity index (χ1) is 13.2. The van der Waals surface area contributed by atoms with E-state index >= 15 is 0 Å². The van der Waals surface area contributed by atoms with Gasteiger partial charge in [0, 0.05) is 17.0 Å². The van der Waals surface area contributed by atoms with Gasteiger partial charge in [-0.05, 0) is 44.0 Å². The van der Waals surface area contributed by atoms with Gasteiger partial charge >= 0.3 is 0 Å². The third kappa shape index (κ3) is 4.22. The monoisotopic (exact) mass is 436 g/mol. The zero-order chi connectivity index (χ0) is 20.5. The summed E-state index contributed by atoms with van der Waals surface area (Å²) in [5.74, 6) is 0.444. The molecule has 0 amide bonds. The normalized spacial score (nSPS) is 11.6. The summed E-state index contributed by atoms with van der Waals surface area (Å²) in [7, 11) is -2.24. The number of halogens is 1. The van der Waals surface area contributed by atoms with Crippen LogP contribution in [0, 0.1) is 20.8 Å². The molecular weight excluding hydrogens is 416 g/mol. The van der Waals surface area contributed by atoms with E-state index in [1.165, 1.54) is 24.5 Å². The second kappa shape index (κ2) is 8.21. The molecule has 0 aliphatic carbocycles. The summed E-state index contributed by atoms with van der Waals surface area (Å²) >= 11 is 7.60. The molecule has 148 valence electrons. The summed E-state index contributed by atoms with van der Waals surface area (Å²) in [4.78, 5) is 5.63. The van der Waals surface area contributed by atoms with Gasteiger partial charge in [0.15, 0.2) is 0 Å². The fourth-order valence-corrected chi connectivity index (χ4v) is 5.58. The van der Waals surface area contributed by atoms with Crippen molar-refractivity contribution in [3.8, 4) is 16.3 Å². The smallest absolute Gasteiger partial charge is 0.241 e. The lowest BCUT2D eigenvalue weighted by atomic mass is 10.1. The number of ether oxygens (including phenoxy) is 1. The zero-order valence-corrected chi connectivity index (χ0v) is 18.4. The first-order valence-electron chi connectivity index (χ1n) is 8.59. The maximum absolute atomic E-state index is 12.8. The third-order valence-electron chi connectivity index (χ3n) is 4.43. The van der Waals surface area contributed by atoms with Gasteiger partial charge in [0.05, 0.1) is 22.7 Å². The molecule has 8 heteroatoms. The quantitative estimate of drug-likeness (QED) is 0.598. The molecule has 1 N–H and O–H groups in total. The predicted octanol–water partition coefficient (Wildman–Crippen LogP) is 4.88. The third-order valence-corrected chi connectivity index (χ3v) is 7.46. The van der Waals surface area contributed by atoms with Crippen molar-refractivity contribution >= 4 is 33.0 Å². The maximum atomic E-state index is 12.8. The van der Waals surface area contributed by atoms with Crippen molar-refractivity contribution in [3.05, 3.63) is 63.1 Å². The number of aromatic nitrogens is 1. The minimum atomic E-state index is -3.73. The minimum Gasteiger partial charge on any atom is -0.495 e. The Morgan fingerprint density at radius 1 is 1.14 bits per heavy atom. The van der Waals surface area contributed by atoms with Crippen molar-refractivity contribution < 1.29 is 13.2 Å². The largest absolute Gasteiger partial charge is 0.495 e. The first-order valence-corrected chi connectivity index (χ1v) is 11.3. The summed E-state index contributed by atoms with van der Waals surface area (Å²) in [5.41, 5.74) is 3.57. The molecule has 0 saturated carbocycles. The Labute approximate surface area is 174 Å². The van der Waals surface area contributed by atoms with Crippen molar-refractivity contribution in [1.82, 2.24) is 9.71 Å². The number of hydrogen-bond acceptors (Lipinski definition) is 5. The lowest BCUT2D eigenvalue weighted by molar-refractivity contribution is 0.414. The Morgan fingerprint density at radius 3 is 2.54 bits per heavy atom. The molecule has 3 aromatic rings. The van der Waals surface area contributed by atoms with Gasteiger partial charge in [-0.15, -0.1) is 11.3 Å². The fourth-order valence-electron chi connectivity index (χ4n) is 2.84. The van der Waals surface area contributed by atoms with Gasteiger partial charge in [0.1, 0.15) is 10.8 Å². The Morgan fingerprint density at radius 2 is 1.86 bits per heavy atom. The molecule has 0 saturated heterocycles. The van der Waals surface area contributed by atoms with E-state index in [1.807, 2.05) is 38.1 Å². The Bertz CT molecular complexity index is 1120. The Balaban J connectivity index is 1.84. The molecule has 0 spiro atoms.